The molecule has 2 aromatic rings. The summed E-state index contributed by atoms with van der Waals surface area (Å²) in [5.74, 6) is -0.495. The third-order valence-electron chi connectivity index (χ3n) is 6.11. The molecule has 1 aliphatic heterocycles. The molecule has 144 valence electrons. The lowest BCUT2D eigenvalue weighted by atomic mass is 9.91. The van der Waals surface area contributed by atoms with Crippen molar-refractivity contribution in [3.8, 4) is 0 Å². The van der Waals surface area contributed by atoms with Gasteiger partial charge < -0.3 is 4.90 Å². The average molecular weight is 376 g/mol. The second kappa shape index (κ2) is 6.89. The molecule has 4 rings (SSSR count). The molecule has 2 unspecified atom stereocenters. The van der Waals surface area contributed by atoms with Gasteiger partial charge in [0.2, 0.25) is 5.91 Å². The van der Waals surface area contributed by atoms with Crippen LogP contribution < -0.4 is 0 Å². The maximum Gasteiger partial charge on any atom is 0.261 e. The van der Waals surface area contributed by atoms with Crippen LogP contribution in [0.15, 0.2) is 54.6 Å². The van der Waals surface area contributed by atoms with E-state index in [4.69, 9.17) is 0 Å². The van der Waals surface area contributed by atoms with Crippen LogP contribution >= 0.6 is 0 Å². The number of nitrogens with zero attached hydrogens (tertiary/aromatic N) is 2. The highest BCUT2D eigenvalue weighted by Crippen LogP contribution is 2.56. The van der Waals surface area contributed by atoms with Gasteiger partial charge in [0, 0.05) is 19.6 Å². The van der Waals surface area contributed by atoms with Crippen molar-refractivity contribution in [2.24, 2.45) is 5.92 Å². The van der Waals surface area contributed by atoms with Crippen LogP contribution in [0.1, 0.15) is 46.5 Å². The molecule has 0 saturated heterocycles. The molecule has 1 saturated carbocycles. The predicted molar refractivity (Wildman–Crippen MR) is 106 cm³/mol. The second-order valence-corrected chi connectivity index (χ2v) is 7.48. The molecule has 1 heterocycles. The molecule has 0 spiro atoms. The minimum absolute atomic E-state index is 0.0646. The van der Waals surface area contributed by atoms with Crippen molar-refractivity contribution < 1.29 is 14.4 Å². The van der Waals surface area contributed by atoms with E-state index >= 15 is 0 Å². The number of fused-ring (bicyclic) bond motifs is 1. The molecule has 2 atom stereocenters. The first kappa shape index (κ1) is 18.4. The van der Waals surface area contributed by atoms with Gasteiger partial charge in [0.05, 0.1) is 16.5 Å². The fraction of sp³-hybridized carbons (Fsp3) is 0.348. The van der Waals surface area contributed by atoms with Gasteiger partial charge in [0.25, 0.3) is 11.8 Å². The van der Waals surface area contributed by atoms with Crippen molar-refractivity contribution in [2.45, 2.75) is 25.7 Å². The van der Waals surface area contributed by atoms with Gasteiger partial charge in [-0.25, -0.2) is 0 Å². The fourth-order valence-electron chi connectivity index (χ4n) is 4.44. The highest BCUT2D eigenvalue weighted by molar-refractivity contribution is 6.21. The smallest absolute Gasteiger partial charge is 0.261 e. The first-order valence-electron chi connectivity index (χ1n) is 9.84. The number of hydrogen-bond acceptors (Lipinski definition) is 3. The van der Waals surface area contributed by atoms with E-state index in [1.807, 2.05) is 49.1 Å². The predicted octanol–water partition coefficient (Wildman–Crippen LogP) is 3.11. The zero-order valence-electron chi connectivity index (χ0n) is 16.2. The van der Waals surface area contributed by atoms with E-state index in [1.165, 1.54) is 4.90 Å². The topological polar surface area (TPSA) is 57.7 Å². The zero-order chi connectivity index (χ0) is 19.9. The summed E-state index contributed by atoms with van der Waals surface area (Å²) in [4.78, 5) is 42.0. The van der Waals surface area contributed by atoms with Crippen LogP contribution in [-0.2, 0) is 10.2 Å². The molecule has 3 amide bonds. The van der Waals surface area contributed by atoms with Gasteiger partial charge in [-0.3, -0.25) is 19.3 Å². The van der Waals surface area contributed by atoms with Gasteiger partial charge in [-0.2, -0.15) is 0 Å². The minimum Gasteiger partial charge on any atom is -0.342 e. The summed E-state index contributed by atoms with van der Waals surface area (Å²) in [6.07, 6.45) is 0.653. The molecule has 0 aromatic heterocycles. The Morgan fingerprint density at radius 3 is 2.04 bits per heavy atom. The third kappa shape index (κ3) is 2.65. The molecule has 1 fully saturated rings. The monoisotopic (exact) mass is 376 g/mol. The molecule has 0 N–H and O–H groups in total. The van der Waals surface area contributed by atoms with E-state index in [0.717, 1.165) is 5.56 Å². The third-order valence-corrected chi connectivity index (χ3v) is 6.11. The first-order chi connectivity index (χ1) is 13.5. The van der Waals surface area contributed by atoms with E-state index in [1.54, 1.807) is 24.3 Å². The average Bonchev–Trinajstić information content (AvgIpc) is 3.42. The Hall–Kier alpha value is -2.95. The Balaban J connectivity index is 1.63. The van der Waals surface area contributed by atoms with Crippen LogP contribution in [0.4, 0.5) is 0 Å². The standard InChI is InChI=1S/C23H24N2O3/c1-3-24(4-2)22(28)23(16-10-6-5-7-11-16)14-17(23)15-25-20(26)18-12-8-9-13-19(18)21(25)27/h5-13,17H,3-4,14-15H2,1-2H3. The van der Waals surface area contributed by atoms with Crippen molar-refractivity contribution in [1.82, 2.24) is 9.80 Å². The highest BCUT2D eigenvalue weighted by Gasteiger charge is 2.63. The largest absolute Gasteiger partial charge is 0.342 e. The Morgan fingerprint density at radius 2 is 1.50 bits per heavy atom. The van der Waals surface area contributed by atoms with Gasteiger partial charge in [0.1, 0.15) is 0 Å². The summed E-state index contributed by atoms with van der Waals surface area (Å²) >= 11 is 0. The van der Waals surface area contributed by atoms with Crippen LogP contribution in [0.2, 0.25) is 0 Å². The van der Waals surface area contributed by atoms with E-state index in [9.17, 15) is 14.4 Å². The number of likely N-dealkylation sites (N-methyl/N-ethyl adjacent to an activating group) is 1. The molecule has 2 aliphatic rings. The molecule has 2 aromatic carbocycles. The zero-order valence-corrected chi connectivity index (χ0v) is 16.2. The molecule has 28 heavy (non-hydrogen) atoms. The van der Waals surface area contributed by atoms with Gasteiger partial charge in [-0.15, -0.1) is 0 Å². The molecule has 1 aliphatic carbocycles. The number of carbonyl (C=O) groups is 3. The Labute approximate surface area is 164 Å². The molecule has 5 heteroatoms. The van der Waals surface area contributed by atoms with E-state index in [2.05, 4.69) is 0 Å². The van der Waals surface area contributed by atoms with Crippen molar-refractivity contribution in [1.29, 1.82) is 0 Å². The Kier molecular flexibility index (Phi) is 4.53. The van der Waals surface area contributed by atoms with E-state index in [-0.39, 0.29) is 30.2 Å². The van der Waals surface area contributed by atoms with Crippen LogP contribution in [0.3, 0.4) is 0 Å². The summed E-state index contributed by atoms with van der Waals surface area (Å²) in [5, 5.41) is 0. The summed E-state index contributed by atoms with van der Waals surface area (Å²) < 4.78 is 0. The summed E-state index contributed by atoms with van der Waals surface area (Å²) in [6.45, 7) is 5.50. The van der Waals surface area contributed by atoms with Gasteiger partial charge >= 0.3 is 0 Å². The van der Waals surface area contributed by atoms with Crippen LogP contribution in [0, 0.1) is 5.92 Å². The van der Waals surface area contributed by atoms with Crippen molar-refractivity contribution in [2.75, 3.05) is 19.6 Å². The maximum atomic E-state index is 13.4. The van der Waals surface area contributed by atoms with E-state index in [0.29, 0.717) is 30.6 Å². The lowest BCUT2D eigenvalue weighted by Crippen LogP contribution is -2.42. The molecular weight excluding hydrogens is 352 g/mol. The highest BCUT2D eigenvalue weighted by atomic mass is 16.2. The maximum absolute atomic E-state index is 13.4. The Morgan fingerprint density at radius 1 is 0.964 bits per heavy atom. The van der Waals surface area contributed by atoms with Crippen molar-refractivity contribution >= 4 is 17.7 Å². The fourth-order valence-corrected chi connectivity index (χ4v) is 4.44. The first-order valence-corrected chi connectivity index (χ1v) is 9.84. The SMILES string of the molecule is CCN(CC)C(=O)C1(c2ccccc2)CC1CN1C(=O)c2ccccc2C1=O. The van der Waals surface area contributed by atoms with Gasteiger partial charge in [-0.05, 0) is 43.9 Å². The molecular formula is C23H24N2O3. The van der Waals surface area contributed by atoms with Crippen molar-refractivity contribution in [3.63, 3.8) is 0 Å². The van der Waals surface area contributed by atoms with Crippen LogP contribution in [0.5, 0.6) is 0 Å². The number of carbonyl (C=O) groups excluding carboxylic acids is 3. The Bertz CT molecular complexity index is 901. The lowest BCUT2D eigenvalue weighted by molar-refractivity contribution is -0.134. The lowest BCUT2D eigenvalue weighted by Gasteiger charge is -2.27. The van der Waals surface area contributed by atoms with Gasteiger partial charge in [0.15, 0.2) is 0 Å². The summed E-state index contributed by atoms with van der Waals surface area (Å²) in [7, 11) is 0. The normalized spacial score (nSPS) is 22.9. The number of imide groups is 1. The number of benzene rings is 2. The van der Waals surface area contributed by atoms with E-state index < -0.39 is 5.41 Å². The summed E-state index contributed by atoms with van der Waals surface area (Å²) in [5.41, 5.74) is 1.22. The van der Waals surface area contributed by atoms with Gasteiger partial charge in [-0.1, -0.05) is 42.5 Å². The van der Waals surface area contributed by atoms with Crippen molar-refractivity contribution in [3.05, 3.63) is 71.3 Å². The molecule has 5 nitrogen and oxygen atoms in total. The second-order valence-electron chi connectivity index (χ2n) is 7.48. The molecule has 0 radical (unpaired) electrons. The minimum atomic E-state index is -0.650. The number of amides is 3. The molecule has 0 bridgehead atoms. The summed E-state index contributed by atoms with van der Waals surface area (Å²) in [6, 6.07) is 16.7. The number of rotatable bonds is 6. The number of hydrogen-bond donors (Lipinski definition) is 0. The van der Waals surface area contributed by atoms with Crippen LogP contribution in [-0.4, -0.2) is 47.2 Å². The quantitative estimate of drug-likeness (QED) is 0.728. The van der Waals surface area contributed by atoms with Crippen LogP contribution in [0.25, 0.3) is 0 Å².